The lowest BCUT2D eigenvalue weighted by Crippen LogP contribution is -2.32. The number of benzene rings is 3. The molecule has 0 spiro atoms. The summed E-state index contributed by atoms with van der Waals surface area (Å²) in [6.45, 7) is 2.41. The zero-order valence-corrected chi connectivity index (χ0v) is 25.7. The first-order chi connectivity index (χ1) is 19.7. The highest BCUT2D eigenvalue weighted by molar-refractivity contribution is 7.89. The van der Waals surface area contributed by atoms with Gasteiger partial charge in [0, 0.05) is 41.8 Å². The van der Waals surface area contributed by atoms with Crippen LogP contribution in [0.25, 0.3) is 10.9 Å². The number of rotatable bonds is 13. The van der Waals surface area contributed by atoms with Gasteiger partial charge in [-0.25, -0.2) is 8.42 Å². The molecule has 4 aromatic rings. The van der Waals surface area contributed by atoms with Crippen LogP contribution in [0.2, 0.25) is 10.0 Å². The number of anilines is 1. The van der Waals surface area contributed by atoms with Crippen LogP contribution in [0.15, 0.2) is 71.8 Å². The molecule has 1 atom stereocenters. The van der Waals surface area contributed by atoms with Crippen molar-refractivity contribution in [2.75, 3.05) is 33.2 Å². The second kappa shape index (κ2) is 13.6. The zero-order chi connectivity index (χ0) is 29.6. The van der Waals surface area contributed by atoms with E-state index in [1.807, 2.05) is 30.3 Å². The number of halogens is 2. The van der Waals surface area contributed by atoms with Crippen molar-refractivity contribution in [3.05, 3.63) is 82.5 Å². The summed E-state index contributed by atoms with van der Waals surface area (Å²) in [5.41, 5.74) is 2.44. The van der Waals surface area contributed by atoms with Crippen LogP contribution in [0, 0.1) is 0 Å². The van der Waals surface area contributed by atoms with Gasteiger partial charge < -0.3 is 19.5 Å². The molecule has 0 amide bonds. The molecule has 41 heavy (non-hydrogen) atoms. The van der Waals surface area contributed by atoms with Crippen molar-refractivity contribution < 1.29 is 22.6 Å². The van der Waals surface area contributed by atoms with Crippen molar-refractivity contribution in [1.82, 2.24) is 9.29 Å². The molecular weight excluding hydrogens is 585 g/mol. The molecule has 0 bridgehead atoms. The minimum absolute atomic E-state index is 0.0210. The molecule has 1 unspecified atom stereocenters. The Bertz CT molecular complexity index is 1620. The maximum absolute atomic E-state index is 13.9. The number of ether oxygens (including phenoxy) is 3. The van der Waals surface area contributed by atoms with E-state index in [4.69, 9.17) is 37.4 Å². The molecule has 218 valence electrons. The first kappa shape index (κ1) is 30.7. The zero-order valence-electron chi connectivity index (χ0n) is 23.4. The van der Waals surface area contributed by atoms with Crippen LogP contribution in [0.1, 0.15) is 25.3 Å². The second-order valence-electron chi connectivity index (χ2n) is 9.54. The summed E-state index contributed by atoms with van der Waals surface area (Å²) >= 11 is 12.5. The third-order valence-electron chi connectivity index (χ3n) is 6.68. The summed E-state index contributed by atoms with van der Waals surface area (Å²) in [4.78, 5) is 4.49. The van der Waals surface area contributed by atoms with E-state index in [0.29, 0.717) is 24.3 Å². The first-order valence-electron chi connectivity index (χ1n) is 13.0. The fourth-order valence-electron chi connectivity index (χ4n) is 4.58. The number of fused-ring (bicyclic) bond motifs is 1. The van der Waals surface area contributed by atoms with Crippen LogP contribution >= 0.6 is 23.2 Å². The molecule has 0 radical (unpaired) electrons. The van der Waals surface area contributed by atoms with E-state index < -0.39 is 10.0 Å². The number of hydrogen-bond acceptors (Lipinski definition) is 7. The molecule has 0 aliphatic rings. The van der Waals surface area contributed by atoms with Crippen molar-refractivity contribution in [2.24, 2.45) is 0 Å². The highest BCUT2D eigenvalue weighted by Gasteiger charge is 2.28. The van der Waals surface area contributed by atoms with E-state index in [0.717, 1.165) is 27.9 Å². The van der Waals surface area contributed by atoms with Crippen LogP contribution in [-0.4, -0.2) is 51.6 Å². The Hall–Kier alpha value is -3.24. The van der Waals surface area contributed by atoms with Crippen molar-refractivity contribution in [3.63, 3.8) is 0 Å². The molecule has 0 fully saturated rings. The predicted molar refractivity (Wildman–Crippen MR) is 164 cm³/mol. The molecule has 1 N–H and O–H groups in total. The molecule has 8 nitrogen and oxygen atoms in total. The maximum atomic E-state index is 13.9. The maximum Gasteiger partial charge on any atom is 0.244 e. The van der Waals surface area contributed by atoms with Crippen LogP contribution in [0.4, 0.5) is 5.69 Å². The molecule has 1 heterocycles. The molecule has 3 aromatic carbocycles. The molecule has 0 aliphatic carbocycles. The standard InChI is InChI=1S/C30H33Cl2N3O5S/c1-20(34-26-18-24(38-2)16-22-8-5-13-33-30(22)26)7-6-14-35(19-21-9-12-27(39-3)28(15-21)40-4)41(36,37)29-17-23(31)10-11-25(29)32/h5,8-13,15-18,20,34H,6-7,14,19H2,1-4H3. The highest BCUT2D eigenvalue weighted by atomic mass is 35.5. The number of sulfonamides is 1. The summed E-state index contributed by atoms with van der Waals surface area (Å²) in [7, 11) is 0.735. The van der Waals surface area contributed by atoms with E-state index in [2.05, 4.69) is 17.2 Å². The molecule has 0 saturated carbocycles. The SMILES string of the molecule is COc1cc(NC(C)CCCN(Cc2ccc(OC)c(OC)c2)S(=O)(=O)c2cc(Cl)ccc2Cl)c2ncccc2c1. The molecule has 0 aliphatic heterocycles. The smallest absolute Gasteiger partial charge is 0.244 e. The number of hydrogen-bond donors (Lipinski definition) is 1. The van der Waals surface area contributed by atoms with Gasteiger partial charge >= 0.3 is 0 Å². The topological polar surface area (TPSA) is 90.0 Å². The molecular formula is C30H33Cl2N3O5S. The van der Waals surface area contributed by atoms with E-state index >= 15 is 0 Å². The summed E-state index contributed by atoms with van der Waals surface area (Å²) in [5, 5.41) is 4.88. The highest BCUT2D eigenvalue weighted by Crippen LogP contribution is 2.32. The third-order valence-corrected chi connectivity index (χ3v) is 9.24. The summed E-state index contributed by atoms with van der Waals surface area (Å²) in [6, 6.07) is 17.5. The minimum Gasteiger partial charge on any atom is -0.497 e. The van der Waals surface area contributed by atoms with Crippen LogP contribution < -0.4 is 19.5 Å². The minimum atomic E-state index is -3.98. The van der Waals surface area contributed by atoms with Crippen LogP contribution in [0.3, 0.4) is 0 Å². The number of methoxy groups -OCH3 is 3. The van der Waals surface area contributed by atoms with Crippen molar-refractivity contribution in [1.29, 1.82) is 0 Å². The summed E-state index contributed by atoms with van der Waals surface area (Å²) in [5.74, 6) is 1.80. The third kappa shape index (κ3) is 7.35. The van der Waals surface area contributed by atoms with Gasteiger partial charge in [-0.3, -0.25) is 4.98 Å². The monoisotopic (exact) mass is 617 g/mol. The largest absolute Gasteiger partial charge is 0.497 e. The average Bonchev–Trinajstić information content (AvgIpc) is 2.97. The fourth-order valence-corrected chi connectivity index (χ4v) is 6.79. The summed E-state index contributed by atoms with van der Waals surface area (Å²) in [6.07, 6.45) is 3.02. The number of nitrogens with zero attached hydrogens (tertiary/aromatic N) is 2. The van der Waals surface area contributed by atoms with Crippen molar-refractivity contribution >= 4 is 49.8 Å². The van der Waals surface area contributed by atoms with Gasteiger partial charge in [0.25, 0.3) is 0 Å². The Balaban J connectivity index is 1.55. The van der Waals surface area contributed by atoms with Crippen LogP contribution in [-0.2, 0) is 16.6 Å². The Morgan fingerprint density at radius 2 is 1.73 bits per heavy atom. The fraction of sp³-hybridized carbons (Fsp3) is 0.300. The molecule has 0 saturated heterocycles. The van der Waals surface area contributed by atoms with Gasteiger partial charge in [-0.05, 0) is 67.8 Å². The average molecular weight is 619 g/mol. The quantitative estimate of drug-likeness (QED) is 0.172. The van der Waals surface area contributed by atoms with Crippen LogP contribution in [0.5, 0.6) is 17.2 Å². The Morgan fingerprint density at radius 1 is 0.951 bits per heavy atom. The predicted octanol–water partition coefficient (Wildman–Crippen LogP) is 7.04. The van der Waals surface area contributed by atoms with Gasteiger partial charge in [0.15, 0.2) is 11.5 Å². The second-order valence-corrected chi connectivity index (χ2v) is 12.3. The first-order valence-corrected chi connectivity index (χ1v) is 15.2. The van der Waals surface area contributed by atoms with Gasteiger partial charge in [-0.2, -0.15) is 4.31 Å². The van der Waals surface area contributed by atoms with Gasteiger partial charge in [-0.1, -0.05) is 35.3 Å². The molecule has 1 aromatic heterocycles. The number of pyridine rings is 1. The van der Waals surface area contributed by atoms with E-state index in [1.54, 1.807) is 38.6 Å². The van der Waals surface area contributed by atoms with Crippen molar-refractivity contribution in [3.8, 4) is 17.2 Å². The van der Waals surface area contributed by atoms with Gasteiger partial charge in [-0.15, -0.1) is 0 Å². The lowest BCUT2D eigenvalue weighted by molar-refractivity contribution is 0.352. The number of aromatic nitrogens is 1. The molecule has 11 heteroatoms. The van der Waals surface area contributed by atoms with Gasteiger partial charge in [0.2, 0.25) is 10.0 Å². The lowest BCUT2D eigenvalue weighted by atomic mass is 10.1. The Kier molecular flexibility index (Phi) is 10.2. The normalized spacial score (nSPS) is 12.4. The molecule has 4 rings (SSSR count). The number of nitrogens with one attached hydrogen (secondary N) is 1. The Labute approximate surface area is 251 Å². The van der Waals surface area contributed by atoms with Gasteiger partial charge in [0.1, 0.15) is 10.6 Å². The summed E-state index contributed by atoms with van der Waals surface area (Å²) < 4.78 is 45.4. The van der Waals surface area contributed by atoms with E-state index in [1.165, 1.54) is 23.5 Å². The van der Waals surface area contributed by atoms with E-state index in [-0.39, 0.29) is 34.1 Å². The lowest BCUT2D eigenvalue weighted by Gasteiger charge is -2.24. The Morgan fingerprint density at radius 3 is 2.46 bits per heavy atom. The van der Waals surface area contributed by atoms with E-state index in [9.17, 15) is 8.42 Å². The van der Waals surface area contributed by atoms with Crippen molar-refractivity contribution in [2.45, 2.75) is 37.2 Å². The van der Waals surface area contributed by atoms with Gasteiger partial charge in [0.05, 0.1) is 37.6 Å².